The lowest BCUT2D eigenvalue weighted by Crippen LogP contribution is -2.74. The molecule has 12 heteroatoms. The Morgan fingerprint density at radius 1 is 0.441 bits per heavy atom. The minimum Gasteiger partial charge on any atom is -0.389 e. The van der Waals surface area contributed by atoms with Crippen molar-refractivity contribution in [2.75, 3.05) is 49.9 Å². The first kappa shape index (κ1) is 29.4. The Morgan fingerprint density at radius 3 is 0.765 bits per heavy atom. The van der Waals surface area contributed by atoms with Crippen LogP contribution in [0.4, 0.5) is 0 Å². The van der Waals surface area contributed by atoms with Gasteiger partial charge < -0.3 is 39.4 Å². The highest BCUT2D eigenvalue weighted by atomic mass is 35.5. The molecule has 4 atom stereocenters. The zero-order chi connectivity index (χ0) is 25.0. The fourth-order valence-electron chi connectivity index (χ4n) is 6.16. The predicted octanol–water partition coefficient (Wildman–Crippen LogP) is 1.79. The topological polar surface area (TPSA) is 118 Å². The molecular weight excluding hydrogens is 534 g/mol. The number of aliphatic hydroxyl groups excluding tert-OH is 4. The van der Waals surface area contributed by atoms with E-state index in [9.17, 15) is 20.4 Å². The number of hydrogen-bond donors (Lipinski definition) is 4. The van der Waals surface area contributed by atoms with Crippen LogP contribution in [0.3, 0.4) is 0 Å². The van der Waals surface area contributed by atoms with Gasteiger partial charge in [0.15, 0.2) is 0 Å². The van der Waals surface area contributed by atoms with Gasteiger partial charge in [-0.3, -0.25) is 0 Å². The molecule has 4 unspecified atom stereocenters. The van der Waals surface area contributed by atoms with Crippen molar-refractivity contribution >= 4 is 46.4 Å². The first-order chi connectivity index (χ1) is 16.1. The summed E-state index contributed by atoms with van der Waals surface area (Å²) in [7, 11) is 0. The van der Waals surface area contributed by atoms with E-state index in [1.54, 1.807) is 0 Å². The van der Waals surface area contributed by atoms with Crippen LogP contribution in [0.5, 0.6) is 0 Å². The summed E-state index contributed by atoms with van der Waals surface area (Å²) < 4.78 is 25.3. The number of ether oxygens (including phenoxy) is 4. The normalized spacial score (nSPS) is 38.1. The SMILES string of the molecule is OC(CCl)COC12CC3(OCC(O)CCl)CC(OCC(O)CCl)(C1)CC(OCC(O)CCl)(C2)C3. The van der Waals surface area contributed by atoms with Gasteiger partial charge in [-0.1, -0.05) is 0 Å². The maximum absolute atomic E-state index is 10.1. The number of rotatable bonds is 16. The van der Waals surface area contributed by atoms with E-state index in [1.807, 2.05) is 0 Å². The monoisotopic (exact) mass is 568 g/mol. The Bertz CT molecular complexity index is 515. The third-order valence-corrected chi connectivity index (χ3v) is 8.33. The van der Waals surface area contributed by atoms with Gasteiger partial charge in [0, 0.05) is 38.5 Å². The second-order valence-electron chi connectivity index (χ2n) is 10.3. The van der Waals surface area contributed by atoms with Crippen LogP contribution in [0.1, 0.15) is 38.5 Å². The Hall–Kier alpha value is 0.840. The van der Waals surface area contributed by atoms with E-state index in [0.717, 1.165) is 0 Å². The molecule has 34 heavy (non-hydrogen) atoms. The molecule has 0 aromatic heterocycles. The van der Waals surface area contributed by atoms with Crippen LogP contribution in [0.25, 0.3) is 0 Å². The van der Waals surface area contributed by atoms with Crippen molar-refractivity contribution in [1.29, 1.82) is 0 Å². The van der Waals surface area contributed by atoms with Crippen molar-refractivity contribution in [3.63, 3.8) is 0 Å². The Kier molecular flexibility index (Phi) is 10.5. The summed E-state index contributed by atoms with van der Waals surface area (Å²) in [6.07, 6.45) is -0.292. The lowest BCUT2D eigenvalue weighted by Gasteiger charge is -2.68. The van der Waals surface area contributed by atoms with E-state index in [4.69, 9.17) is 65.4 Å². The molecular formula is C22H36Cl4O8. The summed E-state index contributed by atoms with van der Waals surface area (Å²) in [4.78, 5) is 0. The zero-order valence-corrected chi connectivity index (χ0v) is 22.2. The fraction of sp³-hybridized carbons (Fsp3) is 1.00. The molecule has 0 saturated heterocycles. The largest absolute Gasteiger partial charge is 0.389 e. The molecule has 4 bridgehead atoms. The molecule has 4 fully saturated rings. The number of alkyl halides is 4. The van der Waals surface area contributed by atoms with Crippen LogP contribution in [-0.4, -0.2) is 117 Å². The Morgan fingerprint density at radius 2 is 0.618 bits per heavy atom. The van der Waals surface area contributed by atoms with Crippen LogP contribution in [0.15, 0.2) is 0 Å². The first-order valence-corrected chi connectivity index (χ1v) is 13.7. The minimum atomic E-state index is -0.838. The lowest BCUT2D eigenvalue weighted by atomic mass is 9.48. The molecule has 0 aliphatic heterocycles. The van der Waals surface area contributed by atoms with Gasteiger partial charge in [-0.2, -0.15) is 0 Å². The third kappa shape index (κ3) is 7.03. The third-order valence-electron chi connectivity index (χ3n) is 6.91. The van der Waals surface area contributed by atoms with Gasteiger partial charge in [-0.05, 0) is 0 Å². The van der Waals surface area contributed by atoms with E-state index in [2.05, 4.69) is 0 Å². The number of halogens is 4. The maximum atomic E-state index is 10.1. The van der Waals surface area contributed by atoms with Crippen molar-refractivity contribution in [3.8, 4) is 0 Å². The summed E-state index contributed by atoms with van der Waals surface area (Å²) in [6.45, 7) is 0.130. The van der Waals surface area contributed by atoms with Crippen LogP contribution < -0.4 is 0 Å². The number of hydrogen-bond acceptors (Lipinski definition) is 8. The molecule has 200 valence electrons. The zero-order valence-electron chi connectivity index (χ0n) is 19.1. The van der Waals surface area contributed by atoms with Crippen molar-refractivity contribution < 1.29 is 39.4 Å². The van der Waals surface area contributed by atoms with Gasteiger partial charge in [0.1, 0.15) is 0 Å². The molecule has 4 rings (SSSR count). The van der Waals surface area contributed by atoms with Crippen molar-refractivity contribution in [2.24, 2.45) is 0 Å². The predicted molar refractivity (Wildman–Crippen MR) is 129 cm³/mol. The first-order valence-electron chi connectivity index (χ1n) is 11.6. The summed E-state index contributed by atoms with van der Waals surface area (Å²) in [5.41, 5.74) is -3.03. The second-order valence-corrected chi connectivity index (χ2v) is 11.5. The average molecular weight is 570 g/mol. The van der Waals surface area contributed by atoms with Crippen LogP contribution in [0, 0.1) is 0 Å². The Balaban J connectivity index is 1.93. The molecule has 4 N–H and O–H groups in total. The highest BCUT2D eigenvalue weighted by Gasteiger charge is 2.71. The molecule has 4 aliphatic rings. The highest BCUT2D eigenvalue weighted by molar-refractivity contribution is 6.18. The molecule has 0 aromatic rings. The van der Waals surface area contributed by atoms with E-state index < -0.39 is 46.8 Å². The maximum Gasteiger partial charge on any atom is 0.0908 e. The summed E-state index contributed by atoms with van der Waals surface area (Å²) in [6, 6.07) is 0. The molecule has 8 nitrogen and oxygen atoms in total. The van der Waals surface area contributed by atoms with Gasteiger partial charge >= 0.3 is 0 Å². The lowest BCUT2D eigenvalue weighted by molar-refractivity contribution is -0.340. The van der Waals surface area contributed by atoms with E-state index >= 15 is 0 Å². The molecule has 0 amide bonds. The quantitative estimate of drug-likeness (QED) is 0.208. The van der Waals surface area contributed by atoms with Gasteiger partial charge in [0.25, 0.3) is 0 Å². The van der Waals surface area contributed by atoms with Crippen molar-refractivity contribution in [2.45, 2.75) is 85.3 Å². The molecule has 0 aromatic carbocycles. The van der Waals surface area contributed by atoms with E-state index in [0.29, 0.717) is 38.5 Å². The molecule has 4 saturated carbocycles. The molecule has 0 radical (unpaired) electrons. The van der Waals surface area contributed by atoms with Crippen molar-refractivity contribution in [1.82, 2.24) is 0 Å². The van der Waals surface area contributed by atoms with Gasteiger partial charge in [0.2, 0.25) is 0 Å². The second kappa shape index (κ2) is 12.1. The van der Waals surface area contributed by atoms with Crippen LogP contribution >= 0.6 is 46.4 Å². The fourth-order valence-corrected chi connectivity index (χ4v) is 6.51. The van der Waals surface area contributed by atoms with Crippen LogP contribution in [0.2, 0.25) is 0 Å². The molecule has 0 heterocycles. The van der Waals surface area contributed by atoms with Crippen molar-refractivity contribution in [3.05, 3.63) is 0 Å². The van der Waals surface area contributed by atoms with Crippen LogP contribution in [-0.2, 0) is 18.9 Å². The standard InChI is InChI=1S/C22H36Cl4O8/c23-1-15(27)5-31-19-9-20(32-6-16(28)2-24)12-21(10-19,33-7-17(29)3-25)14-22(11-19,13-20)34-8-18(30)4-26/h15-18,27-30H,1-14H2. The number of aliphatic hydroxyl groups is 4. The highest BCUT2D eigenvalue weighted by Crippen LogP contribution is 2.65. The molecule has 0 spiro atoms. The molecule has 4 aliphatic carbocycles. The van der Waals surface area contributed by atoms with Gasteiger partial charge in [-0.25, -0.2) is 0 Å². The summed E-state index contributed by atoms with van der Waals surface area (Å²) >= 11 is 23.2. The van der Waals surface area contributed by atoms with Gasteiger partial charge in [0.05, 0.1) is 96.8 Å². The Labute approximate surface area is 220 Å². The average Bonchev–Trinajstić information content (AvgIpc) is 2.82. The van der Waals surface area contributed by atoms with E-state index in [-0.39, 0.29) is 49.9 Å². The smallest absolute Gasteiger partial charge is 0.0908 e. The summed E-state index contributed by atoms with van der Waals surface area (Å²) in [5, 5.41) is 40.3. The van der Waals surface area contributed by atoms with Gasteiger partial charge in [-0.15, -0.1) is 46.4 Å². The van der Waals surface area contributed by atoms with E-state index in [1.165, 1.54) is 0 Å². The minimum absolute atomic E-state index is 0.0324. The summed E-state index contributed by atoms with van der Waals surface area (Å²) in [5.74, 6) is 0.138.